The van der Waals surface area contributed by atoms with E-state index in [1.165, 1.54) is 6.07 Å². The number of hydrogen-bond acceptors (Lipinski definition) is 3. The molecule has 0 saturated carbocycles. The number of carbonyl (C=O) groups is 1. The van der Waals surface area contributed by atoms with Crippen LogP contribution in [0.15, 0.2) is 18.2 Å². The normalized spacial score (nSPS) is 16.8. The maximum atomic E-state index is 10.9. The summed E-state index contributed by atoms with van der Waals surface area (Å²) in [6.07, 6.45) is 1.74. The minimum atomic E-state index is -1.05. The Balaban J connectivity index is 2.10. The lowest BCUT2D eigenvalue weighted by molar-refractivity contribution is 0.0254. The molecule has 0 bridgehead atoms. The highest BCUT2D eigenvalue weighted by molar-refractivity contribution is 6.33. The molecule has 17 heavy (non-hydrogen) atoms. The molecule has 1 aromatic rings. The number of ether oxygens (including phenoxy) is 2. The van der Waals surface area contributed by atoms with Crippen LogP contribution in [0.25, 0.3) is 0 Å². The van der Waals surface area contributed by atoms with E-state index in [9.17, 15) is 4.79 Å². The Kier molecular flexibility index (Phi) is 3.86. The Hall–Kier alpha value is -1.26. The van der Waals surface area contributed by atoms with Crippen molar-refractivity contribution in [1.82, 2.24) is 0 Å². The van der Waals surface area contributed by atoms with Crippen LogP contribution in [0, 0.1) is 0 Å². The second-order valence-electron chi connectivity index (χ2n) is 3.88. The van der Waals surface area contributed by atoms with E-state index in [2.05, 4.69) is 0 Å². The zero-order chi connectivity index (χ0) is 12.3. The third kappa shape index (κ3) is 3.11. The Bertz CT molecular complexity index is 413. The molecule has 0 aliphatic carbocycles. The van der Waals surface area contributed by atoms with Crippen molar-refractivity contribution in [1.29, 1.82) is 0 Å². The summed E-state index contributed by atoms with van der Waals surface area (Å²) < 4.78 is 10.9. The van der Waals surface area contributed by atoms with Crippen molar-refractivity contribution in [3.05, 3.63) is 28.8 Å². The van der Waals surface area contributed by atoms with Gasteiger partial charge in [-0.15, -0.1) is 0 Å². The summed E-state index contributed by atoms with van der Waals surface area (Å²) in [4.78, 5) is 10.9. The van der Waals surface area contributed by atoms with E-state index < -0.39 is 5.97 Å². The van der Waals surface area contributed by atoms with Gasteiger partial charge in [-0.2, -0.15) is 0 Å². The second kappa shape index (κ2) is 5.38. The lowest BCUT2D eigenvalue weighted by atomic mass is 10.1. The van der Waals surface area contributed by atoms with Crippen LogP contribution in [0.3, 0.4) is 0 Å². The first-order valence-corrected chi connectivity index (χ1v) is 5.82. The number of carboxylic acids is 1. The van der Waals surface area contributed by atoms with E-state index in [1.54, 1.807) is 12.1 Å². The Morgan fingerprint density at radius 3 is 2.76 bits per heavy atom. The molecule has 1 aromatic carbocycles. The average Bonchev–Trinajstić information content (AvgIpc) is 2.32. The van der Waals surface area contributed by atoms with Crippen molar-refractivity contribution >= 4 is 17.6 Å². The number of aromatic carboxylic acids is 1. The fourth-order valence-corrected chi connectivity index (χ4v) is 1.93. The van der Waals surface area contributed by atoms with Crippen LogP contribution in [0.1, 0.15) is 23.2 Å². The molecule has 5 heteroatoms. The summed E-state index contributed by atoms with van der Waals surface area (Å²) in [5, 5.41) is 9.16. The molecule has 1 fully saturated rings. The van der Waals surface area contributed by atoms with Crippen LogP contribution in [-0.4, -0.2) is 30.4 Å². The first-order chi connectivity index (χ1) is 8.16. The van der Waals surface area contributed by atoms with Crippen molar-refractivity contribution in [2.24, 2.45) is 0 Å². The van der Waals surface area contributed by atoms with Crippen molar-refractivity contribution in [3.8, 4) is 5.75 Å². The molecule has 92 valence electrons. The third-order valence-electron chi connectivity index (χ3n) is 2.64. The molecule has 1 heterocycles. The molecule has 0 aromatic heterocycles. The maximum Gasteiger partial charge on any atom is 0.337 e. The zero-order valence-electron chi connectivity index (χ0n) is 9.19. The summed E-state index contributed by atoms with van der Waals surface area (Å²) >= 11 is 5.78. The highest BCUT2D eigenvalue weighted by Crippen LogP contribution is 2.24. The second-order valence-corrected chi connectivity index (χ2v) is 4.28. The number of rotatable bonds is 3. The van der Waals surface area contributed by atoms with E-state index in [1.807, 2.05) is 0 Å². The summed E-state index contributed by atoms with van der Waals surface area (Å²) in [7, 11) is 0. The molecule has 2 rings (SSSR count). The molecule has 0 amide bonds. The largest absolute Gasteiger partial charge is 0.490 e. The van der Waals surface area contributed by atoms with Crippen molar-refractivity contribution in [3.63, 3.8) is 0 Å². The quantitative estimate of drug-likeness (QED) is 0.903. The van der Waals surface area contributed by atoms with Crippen LogP contribution in [0.5, 0.6) is 5.75 Å². The molecule has 0 atom stereocenters. The van der Waals surface area contributed by atoms with Crippen LogP contribution >= 0.6 is 11.6 Å². The van der Waals surface area contributed by atoms with E-state index >= 15 is 0 Å². The number of carboxylic acid groups (broad SMARTS) is 1. The fraction of sp³-hybridized carbons (Fsp3) is 0.417. The summed E-state index contributed by atoms with van der Waals surface area (Å²) in [5.74, 6) is -0.508. The number of halogens is 1. The minimum Gasteiger partial charge on any atom is -0.490 e. The van der Waals surface area contributed by atoms with E-state index in [-0.39, 0.29) is 16.7 Å². The molecule has 0 unspecified atom stereocenters. The molecule has 1 saturated heterocycles. The van der Waals surface area contributed by atoms with Crippen LogP contribution in [-0.2, 0) is 4.74 Å². The van der Waals surface area contributed by atoms with Gasteiger partial charge >= 0.3 is 5.97 Å². The predicted molar refractivity (Wildman–Crippen MR) is 62.9 cm³/mol. The van der Waals surface area contributed by atoms with Crippen molar-refractivity contribution in [2.75, 3.05) is 13.2 Å². The summed E-state index contributed by atoms with van der Waals surface area (Å²) in [6, 6.07) is 4.68. The molecule has 0 radical (unpaired) electrons. The Morgan fingerprint density at radius 1 is 1.41 bits per heavy atom. The summed E-state index contributed by atoms with van der Waals surface area (Å²) in [5.41, 5.74) is 0.0660. The van der Waals surface area contributed by atoms with Crippen LogP contribution < -0.4 is 4.74 Å². The van der Waals surface area contributed by atoms with Gasteiger partial charge in [0.15, 0.2) is 0 Å². The standard InChI is InChI=1S/C12H13ClO4/c13-11-2-1-9(7-10(11)12(14)15)17-8-3-5-16-6-4-8/h1-2,7-8H,3-6H2,(H,14,15). The SMILES string of the molecule is O=C(O)c1cc(OC2CCOCC2)ccc1Cl. The van der Waals surface area contributed by atoms with Gasteiger partial charge in [0, 0.05) is 12.8 Å². The highest BCUT2D eigenvalue weighted by atomic mass is 35.5. The molecule has 1 aliphatic heterocycles. The molecule has 4 nitrogen and oxygen atoms in total. The van der Waals surface area contributed by atoms with Gasteiger partial charge in [-0.05, 0) is 18.2 Å². The molecular formula is C12H13ClO4. The maximum absolute atomic E-state index is 10.9. The lowest BCUT2D eigenvalue weighted by Crippen LogP contribution is -2.25. The Morgan fingerprint density at radius 2 is 2.12 bits per heavy atom. The monoisotopic (exact) mass is 256 g/mol. The molecular weight excluding hydrogens is 244 g/mol. The fourth-order valence-electron chi connectivity index (χ4n) is 1.73. The van der Waals surface area contributed by atoms with Gasteiger partial charge in [-0.25, -0.2) is 4.79 Å². The minimum absolute atomic E-state index is 0.0660. The van der Waals surface area contributed by atoms with Gasteiger partial charge in [0.05, 0.1) is 23.8 Å². The zero-order valence-corrected chi connectivity index (χ0v) is 9.94. The van der Waals surface area contributed by atoms with Gasteiger partial charge in [0.25, 0.3) is 0 Å². The van der Waals surface area contributed by atoms with E-state index in [0.717, 1.165) is 12.8 Å². The van der Waals surface area contributed by atoms with Crippen molar-refractivity contribution < 1.29 is 19.4 Å². The topological polar surface area (TPSA) is 55.8 Å². The Labute approximate surface area is 104 Å². The molecule has 0 spiro atoms. The highest BCUT2D eigenvalue weighted by Gasteiger charge is 2.16. The average molecular weight is 257 g/mol. The van der Waals surface area contributed by atoms with Gasteiger partial charge in [0.2, 0.25) is 0 Å². The first-order valence-electron chi connectivity index (χ1n) is 5.44. The summed E-state index contributed by atoms with van der Waals surface area (Å²) in [6.45, 7) is 1.37. The van der Waals surface area contributed by atoms with Crippen LogP contribution in [0.4, 0.5) is 0 Å². The molecule has 1 aliphatic rings. The number of benzene rings is 1. The van der Waals surface area contributed by atoms with Gasteiger partial charge in [-0.3, -0.25) is 0 Å². The van der Waals surface area contributed by atoms with Gasteiger partial charge < -0.3 is 14.6 Å². The number of hydrogen-bond donors (Lipinski definition) is 1. The third-order valence-corrected chi connectivity index (χ3v) is 2.97. The van der Waals surface area contributed by atoms with Crippen molar-refractivity contribution in [2.45, 2.75) is 18.9 Å². The van der Waals surface area contributed by atoms with E-state index in [4.69, 9.17) is 26.2 Å². The van der Waals surface area contributed by atoms with Gasteiger partial charge in [-0.1, -0.05) is 11.6 Å². The van der Waals surface area contributed by atoms with Gasteiger partial charge in [0.1, 0.15) is 11.9 Å². The van der Waals surface area contributed by atoms with Crippen LogP contribution in [0.2, 0.25) is 5.02 Å². The smallest absolute Gasteiger partial charge is 0.337 e. The molecule has 1 N–H and O–H groups in total. The first kappa shape index (κ1) is 12.2. The lowest BCUT2D eigenvalue weighted by Gasteiger charge is -2.23. The van der Waals surface area contributed by atoms with E-state index in [0.29, 0.717) is 19.0 Å². The predicted octanol–water partition coefficient (Wildman–Crippen LogP) is 2.60.